The number of hydrogen-bond donors (Lipinski definition) is 1. The highest BCUT2D eigenvalue weighted by molar-refractivity contribution is 6.42. The van der Waals surface area contributed by atoms with Crippen LogP contribution in [-0.4, -0.2) is 16.1 Å². The van der Waals surface area contributed by atoms with Gasteiger partial charge in [0.05, 0.1) is 15.7 Å². The van der Waals surface area contributed by atoms with Crippen molar-refractivity contribution in [2.75, 3.05) is 0 Å². The molecule has 0 aliphatic rings. The van der Waals surface area contributed by atoms with Gasteiger partial charge >= 0.3 is 5.97 Å². The molecule has 0 saturated heterocycles. The van der Waals surface area contributed by atoms with Gasteiger partial charge in [-0.2, -0.15) is 0 Å². The molecule has 1 N–H and O–H groups in total. The number of carbonyl (C=O) groups is 1. The zero-order chi connectivity index (χ0) is 13.3. The summed E-state index contributed by atoms with van der Waals surface area (Å²) < 4.78 is 13.2. The van der Waals surface area contributed by atoms with Crippen molar-refractivity contribution in [1.82, 2.24) is 4.98 Å². The number of carboxylic acid groups (broad SMARTS) is 1. The summed E-state index contributed by atoms with van der Waals surface area (Å²) in [5.41, 5.74) is 0.248. The number of pyridine rings is 1. The van der Waals surface area contributed by atoms with Gasteiger partial charge in [0.15, 0.2) is 11.5 Å². The van der Waals surface area contributed by atoms with Crippen LogP contribution in [0.2, 0.25) is 10.0 Å². The second-order valence-corrected chi connectivity index (χ2v) is 4.28. The number of halogens is 3. The van der Waals surface area contributed by atoms with E-state index < -0.39 is 17.5 Å². The Bertz CT molecular complexity index is 631. The summed E-state index contributed by atoms with van der Waals surface area (Å²) in [7, 11) is 0. The molecule has 1 aromatic heterocycles. The van der Waals surface area contributed by atoms with Crippen molar-refractivity contribution in [2.45, 2.75) is 0 Å². The molecule has 0 aliphatic heterocycles. The molecular formula is C12H6Cl2FNO2. The molecule has 0 spiro atoms. The quantitative estimate of drug-likeness (QED) is 0.911. The molecule has 0 radical (unpaired) electrons. The van der Waals surface area contributed by atoms with Crippen LogP contribution in [0.5, 0.6) is 0 Å². The molecule has 1 heterocycles. The molecule has 0 unspecified atom stereocenters. The van der Waals surface area contributed by atoms with E-state index in [1.54, 1.807) is 12.1 Å². The molecule has 3 nitrogen and oxygen atoms in total. The Hall–Kier alpha value is -1.65. The first kappa shape index (κ1) is 12.8. The van der Waals surface area contributed by atoms with Crippen LogP contribution in [0.1, 0.15) is 10.5 Å². The maximum Gasteiger partial charge on any atom is 0.357 e. The minimum atomic E-state index is -1.42. The van der Waals surface area contributed by atoms with Crippen LogP contribution in [0.3, 0.4) is 0 Å². The van der Waals surface area contributed by atoms with Gasteiger partial charge in [-0.1, -0.05) is 29.3 Å². The summed E-state index contributed by atoms with van der Waals surface area (Å²) in [6.45, 7) is 0. The zero-order valence-electron chi connectivity index (χ0n) is 8.82. The number of benzene rings is 1. The first-order valence-corrected chi connectivity index (χ1v) is 5.60. The monoisotopic (exact) mass is 285 g/mol. The average molecular weight is 286 g/mol. The van der Waals surface area contributed by atoms with Crippen LogP contribution in [0, 0.1) is 5.82 Å². The van der Waals surface area contributed by atoms with Crippen LogP contribution >= 0.6 is 23.2 Å². The van der Waals surface area contributed by atoms with E-state index in [0.717, 1.165) is 6.07 Å². The first-order valence-electron chi connectivity index (χ1n) is 4.84. The second-order valence-electron chi connectivity index (χ2n) is 3.46. The largest absolute Gasteiger partial charge is 0.476 e. The summed E-state index contributed by atoms with van der Waals surface area (Å²) >= 11 is 11.6. The molecule has 6 heteroatoms. The number of aromatic nitrogens is 1. The molecule has 0 atom stereocenters. The van der Waals surface area contributed by atoms with Gasteiger partial charge in [-0.05, 0) is 24.3 Å². The molecule has 0 saturated carbocycles. The summed E-state index contributed by atoms with van der Waals surface area (Å²) in [5, 5.41) is 9.48. The summed E-state index contributed by atoms with van der Waals surface area (Å²) in [4.78, 5) is 14.5. The minimum absolute atomic E-state index is 0.312. The third kappa shape index (κ3) is 2.44. The van der Waals surface area contributed by atoms with Crippen molar-refractivity contribution in [1.29, 1.82) is 0 Å². The van der Waals surface area contributed by atoms with E-state index in [1.807, 2.05) is 0 Å². The van der Waals surface area contributed by atoms with E-state index >= 15 is 0 Å². The van der Waals surface area contributed by atoms with Gasteiger partial charge < -0.3 is 5.11 Å². The van der Waals surface area contributed by atoms with Crippen molar-refractivity contribution >= 4 is 29.2 Å². The lowest BCUT2D eigenvalue weighted by molar-refractivity contribution is 0.0685. The second kappa shape index (κ2) is 4.92. The van der Waals surface area contributed by atoms with Crippen LogP contribution in [0.25, 0.3) is 11.3 Å². The molecule has 0 bridgehead atoms. The van der Waals surface area contributed by atoms with E-state index in [9.17, 15) is 9.18 Å². The fourth-order valence-corrected chi connectivity index (χ4v) is 1.71. The fourth-order valence-electron chi connectivity index (χ4n) is 1.41. The Morgan fingerprint density at radius 3 is 2.50 bits per heavy atom. The third-order valence-corrected chi connectivity index (χ3v) is 3.00. The van der Waals surface area contributed by atoms with Crippen molar-refractivity contribution in [3.63, 3.8) is 0 Å². The SMILES string of the molecule is O=C(O)c1nc(-c2ccc(Cl)c(Cl)c2)ccc1F. The number of nitrogens with zero attached hydrogens (tertiary/aromatic N) is 1. The lowest BCUT2D eigenvalue weighted by atomic mass is 10.1. The van der Waals surface area contributed by atoms with Gasteiger partial charge in [0, 0.05) is 5.56 Å². The standard InChI is InChI=1S/C12H6Cl2FNO2/c13-7-2-1-6(5-8(7)14)10-4-3-9(15)11(16-10)12(17)18/h1-5H,(H,17,18). The average Bonchev–Trinajstić information content (AvgIpc) is 2.33. The Kier molecular flexibility index (Phi) is 3.50. The number of rotatable bonds is 2. The first-order chi connectivity index (χ1) is 8.49. The van der Waals surface area contributed by atoms with Crippen LogP contribution in [0.15, 0.2) is 30.3 Å². The van der Waals surface area contributed by atoms with Crippen molar-refractivity contribution in [3.8, 4) is 11.3 Å². The molecule has 18 heavy (non-hydrogen) atoms. The smallest absolute Gasteiger partial charge is 0.357 e. The molecule has 1 aromatic carbocycles. The molecule has 2 aromatic rings. The van der Waals surface area contributed by atoms with Gasteiger partial charge in [0.1, 0.15) is 0 Å². The predicted molar refractivity (Wildman–Crippen MR) is 66.6 cm³/mol. The topological polar surface area (TPSA) is 50.2 Å². The van der Waals surface area contributed by atoms with E-state index in [4.69, 9.17) is 28.3 Å². The summed E-state index contributed by atoms with van der Waals surface area (Å²) in [5.74, 6) is -2.30. The number of carboxylic acids is 1. The minimum Gasteiger partial charge on any atom is -0.476 e. The van der Waals surface area contributed by atoms with Gasteiger partial charge in [-0.3, -0.25) is 0 Å². The Labute approximate surface area is 112 Å². The maximum atomic E-state index is 13.2. The summed E-state index contributed by atoms with van der Waals surface area (Å²) in [6.07, 6.45) is 0. The predicted octanol–water partition coefficient (Wildman–Crippen LogP) is 3.89. The highest BCUT2D eigenvalue weighted by Crippen LogP contribution is 2.27. The van der Waals surface area contributed by atoms with E-state index in [1.165, 1.54) is 12.1 Å². The normalized spacial score (nSPS) is 10.4. The maximum absolute atomic E-state index is 13.2. The summed E-state index contributed by atoms with van der Waals surface area (Å²) in [6, 6.07) is 7.15. The van der Waals surface area contributed by atoms with Crippen molar-refractivity contribution in [3.05, 3.63) is 51.9 Å². The number of hydrogen-bond acceptors (Lipinski definition) is 2. The molecule has 2 rings (SSSR count). The van der Waals surface area contributed by atoms with E-state index in [0.29, 0.717) is 21.3 Å². The zero-order valence-corrected chi connectivity index (χ0v) is 10.3. The molecular weight excluding hydrogens is 280 g/mol. The van der Waals surface area contributed by atoms with Crippen molar-refractivity contribution in [2.24, 2.45) is 0 Å². The lowest BCUT2D eigenvalue weighted by Crippen LogP contribution is -2.04. The van der Waals surface area contributed by atoms with Crippen molar-refractivity contribution < 1.29 is 14.3 Å². The molecule has 0 amide bonds. The van der Waals surface area contributed by atoms with Crippen LogP contribution in [0.4, 0.5) is 4.39 Å². The van der Waals surface area contributed by atoms with Gasteiger partial charge in [0.2, 0.25) is 0 Å². The van der Waals surface area contributed by atoms with Gasteiger partial charge in [-0.15, -0.1) is 0 Å². The Morgan fingerprint density at radius 1 is 1.17 bits per heavy atom. The fraction of sp³-hybridized carbons (Fsp3) is 0. The third-order valence-electron chi connectivity index (χ3n) is 2.26. The van der Waals surface area contributed by atoms with E-state index in [2.05, 4.69) is 4.98 Å². The molecule has 0 aliphatic carbocycles. The molecule has 0 fully saturated rings. The van der Waals surface area contributed by atoms with Gasteiger partial charge in [-0.25, -0.2) is 14.2 Å². The highest BCUT2D eigenvalue weighted by Gasteiger charge is 2.14. The lowest BCUT2D eigenvalue weighted by Gasteiger charge is -2.04. The Morgan fingerprint density at radius 2 is 1.89 bits per heavy atom. The van der Waals surface area contributed by atoms with Crippen LogP contribution in [-0.2, 0) is 0 Å². The number of aromatic carboxylic acids is 1. The Balaban J connectivity index is 2.54. The highest BCUT2D eigenvalue weighted by atomic mass is 35.5. The van der Waals surface area contributed by atoms with Gasteiger partial charge in [0.25, 0.3) is 0 Å². The van der Waals surface area contributed by atoms with E-state index in [-0.39, 0.29) is 0 Å². The molecule has 92 valence electrons. The van der Waals surface area contributed by atoms with Crippen LogP contribution < -0.4 is 0 Å².